The molecule has 3 atom stereocenters. The van der Waals surface area contributed by atoms with E-state index in [2.05, 4.69) is 59.9 Å². The quantitative estimate of drug-likeness (QED) is 0.567. The average molecular weight is 417 g/mol. The maximum absolute atomic E-state index is 13.0. The number of likely N-dealkylation sites (tertiary alicyclic amines) is 1. The van der Waals surface area contributed by atoms with Crippen LogP contribution in [0.1, 0.15) is 42.9 Å². The number of nitrogens with zero attached hydrogens (tertiary/aromatic N) is 1. The number of fused-ring (bicyclic) bond motifs is 1. The first-order chi connectivity index (χ1) is 15.2. The molecule has 4 heteroatoms. The molecule has 1 aliphatic heterocycles. The molecule has 1 heterocycles. The van der Waals surface area contributed by atoms with Gasteiger partial charge in [-0.2, -0.15) is 0 Å². The van der Waals surface area contributed by atoms with E-state index in [4.69, 9.17) is 4.74 Å². The van der Waals surface area contributed by atoms with E-state index in [9.17, 15) is 4.79 Å². The van der Waals surface area contributed by atoms with Gasteiger partial charge >= 0.3 is 0 Å². The summed E-state index contributed by atoms with van der Waals surface area (Å²) in [5, 5.41) is 5.79. The van der Waals surface area contributed by atoms with Crippen molar-refractivity contribution in [3.63, 3.8) is 0 Å². The zero-order chi connectivity index (χ0) is 21.6. The van der Waals surface area contributed by atoms with Crippen LogP contribution in [0.15, 0.2) is 72.8 Å². The van der Waals surface area contributed by atoms with Crippen molar-refractivity contribution in [2.75, 3.05) is 26.7 Å². The number of carbonyl (C=O) groups is 1. The highest BCUT2D eigenvalue weighted by Gasteiger charge is 2.31. The lowest BCUT2D eigenvalue weighted by Gasteiger charge is -2.32. The summed E-state index contributed by atoms with van der Waals surface area (Å²) in [5.74, 6) is 0.172. The predicted octanol–water partition coefficient (Wildman–Crippen LogP) is 4.91. The Balaban J connectivity index is 1.67. The predicted molar refractivity (Wildman–Crippen MR) is 126 cm³/mol. The van der Waals surface area contributed by atoms with E-state index in [1.165, 1.54) is 16.3 Å². The third-order valence-electron chi connectivity index (χ3n) is 6.24. The van der Waals surface area contributed by atoms with Gasteiger partial charge in [-0.1, -0.05) is 72.8 Å². The standard InChI is InChI=1S/C27H32N2O2/c1-20(27(30)29-16-8-9-17-29)31-26(22-11-4-3-5-12-22)25(19-28-2)24-15-14-21-10-6-7-13-23(21)18-24/h3-7,10-15,18,20,25-26,28H,8-9,16-17,19H2,1-2H3/t20?,25-,26-/m1/s1. The van der Waals surface area contributed by atoms with Crippen molar-refractivity contribution in [3.8, 4) is 0 Å². The summed E-state index contributed by atoms with van der Waals surface area (Å²) in [6.07, 6.45) is 1.46. The highest BCUT2D eigenvalue weighted by Crippen LogP contribution is 2.36. The van der Waals surface area contributed by atoms with E-state index in [0.29, 0.717) is 0 Å². The summed E-state index contributed by atoms with van der Waals surface area (Å²) in [6, 6.07) is 25.3. The number of ether oxygens (including phenoxy) is 1. The summed E-state index contributed by atoms with van der Waals surface area (Å²) in [7, 11) is 1.97. The lowest BCUT2D eigenvalue weighted by Crippen LogP contribution is -2.39. The van der Waals surface area contributed by atoms with Crippen molar-refractivity contribution < 1.29 is 9.53 Å². The monoisotopic (exact) mass is 416 g/mol. The molecule has 1 N–H and O–H groups in total. The summed E-state index contributed by atoms with van der Waals surface area (Å²) < 4.78 is 6.56. The largest absolute Gasteiger partial charge is 0.360 e. The molecule has 1 amide bonds. The second-order valence-corrected chi connectivity index (χ2v) is 8.41. The molecule has 0 saturated carbocycles. The van der Waals surface area contributed by atoms with E-state index in [-0.39, 0.29) is 17.9 Å². The molecule has 0 radical (unpaired) electrons. The van der Waals surface area contributed by atoms with E-state index in [1.807, 2.05) is 37.1 Å². The Labute approximate surface area is 185 Å². The highest BCUT2D eigenvalue weighted by molar-refractivity contribution is 5.83. The van der Waals surface area contributed by atoms with Gasteiger partial charge in [-0.25, -0.2) is 0 Å². The summed E-state index contributed by atoms with van der Waals surface area (Å²) in [4.78, 5) is 14.9. The molecule has 0 aromatic heterocycles. The molecule has 4 nitrogen and oxygen atoms in total. The fraction of sp³-hybridized carbons (Fsp3) is 0.370. The zero-order valence-electron chi connectivity index (χ0n) is 18.5. The Bertz CT molecular complexity index is 998. The van der Waals surface area contributed by atoms with Crippen LogP contribution in [-0.4, -0.2) is 43.6 Å². The fourth-order valence-corrected chi connectivity index (χ4v) is 4.58. The molecular formula is C27H32N2O2. The Kier molecular flexibility index (Phi) is 7.00. The first-order valence-corrected chi connectivity index (χ1v) is 11.3. The average Bonchev–Trinajstić information content (AvgIpc) is 3.36. The van der Waals surface area contributed by atoms with Crippen molar-refractivity contribution in [2.45, 2.75) is 37.9 Å². The van der Waals surface area contributed by atoms with E-state index >= 15 is 0 Å². The Morgan fingerprint density at radius 2 is 1.61 bits per heavy atom. The fourth-order valence-electron chi connectivity index (χ4n) is 4.58. The van der Waals surface area contributed by atoms with Gasteiger partial charge in [0.1, 0.15) is 6.10 Å². The number of nitrogens with one attached hydrogen (secondary N) is 1. The maximum Gasteiger partial charge on any atom is 0.251 e. The third-order valence-corrected chi connectivity index (χ3v) is 6.24. The Morgan fingerprint density at radius 3 is 2.32 bits per heavy atom. The second kappa shape index (κ2) is 10.1. The number of amides is 1. The zero-order valence-corrected chi connectivity index (χ0v) is 18.5. The SMILES string of the molecule is CNC[C@H](c1ccc2ccccc2c1)[C@H](OC(C)C(=O)N1CCCC1)c1ccccc1. The number of hydrogen-bond donors (Lipinski definition) is 1. The van der Waals surface area contributed by atoms with E-state index in [1.54, 1.807) is 0 Å². The molecule has 1 aliphatic rings. The normalized spacial score (nSPS) is 16.9. The van der Waals surface area contributed by atoms with Gasteiger partial charge < -0.3 is 15.0 Å². The minimum Gasteiger partial charge on any atom is -0.360 e. The molecule has 3 aromatic rings. The molecule has 162 valence electrons. The van der Waals surface area contributed by atoms with Crippen LogP contribution in [0.2, 0.25) is 0 Å². The van der Waals surface area contributed by atoms with Crippen molar-refractivity contribution in [2.24, 2.45) is 0 Å². The molecule has 1 unspecified atom stereocenters. The van der Waals surface area contributed by atoms with Gasteiger partial charge in [-0.05, 0) is 48.7 Å². The number of carbonyl (C=O) groups excluding carboxylic acids is 1. The van der Waals surface area contributed by atoms with Crippen LogP contribution >= 0.6 is 0 Å². The van der Waals surface area contributed by atoms with Crippen molar-refractivity contribution in [1.29, 1.82) is 0 Å². The topological polar surface area (TPSA) is 41.6 Å². The van der Waals surface area contributed by atoms with Crippen LogP contribution in [-0.2, 0) is 9.53 Å². The van der Waals surface area contributed by atoms with Gasteiger partial charge in [0.15, 0.2) is 0 Å². The molecule has 4 rings (SSSR count). The highest BCUT2D eigenvalue weighted by atomic mass is 16.5. The molecule has 0 spiro atoms. The van der Waals surface area contributed by atoms with Crippen LogP contribution in [0.5, 0.6) is 0 Å². The summed E-state index contributed by atoms with van der Waals surface area (Å²) >= 11 is 0. The van der Waals surface area contributed by atoms with Crippen molar-refractivity contribution in [1.82, 2.24) is 10.2 Å². The number of benzene rings is 3. The maximum atomic E-state index is 13.0. The van der Waals surface area contributed by atoms with Crippen molar-refractivity contribution >= 4 is 16.7 Å². The van der Waals surface area contributed by atoms with Crippen molar-refractivity contribution in [3.05, 3.63) is 83.9 Å². The van der Waals surface area contributed by atoms with Crippen LogP contribution in [0.25, 0.3) is 10.8 Å². The second-order valence-electron chi connectivity index (χ2n) is 8.41. The van der Waals surface area contributed by atoms with Crippen LogP contribution in [0.3, 0.4) is 0 Å². The first-order valence-electron chi connectivity index (χ1n) is 11.3. The lowest BCUT2D eigenvalue weighted by molar-refractivity contribution is -0.146. The smallest absolute Gasteiger partial charge is 0.251 e. The first kappa shape index (κ1) is 21.5. The molecule has 1 saturated heterocycles. The van der Waals surface area contributed by atoms with Gasteiger partial charge in [0, 0.05) is 25.6 Å². The molecule has 3 aromatic carbocycles. The van der Waals surface area contributed by atoms with Gasteiger partial charge in [-0.15, -0.1) is 0 Å². The number of hydrogen-bond acceptors (Lipinski definition) is 3. The third kappa shape index (κ3) is 4.97. The van der Waals surface area contributed by atoms with Crippen LogP contribution in [0.4, 0.5) is 0 Å². The van der Waals surface area contributed by atoms with Gasteiger partial charge in [-0.3, -0.25) is 4.79 Å². The molecule has 0 bridgehead atoms. The molecule has 1 fully saturated rings. The molecule has 0 aliphatic carbocycles. The lowest BCUT2D eigenvalue weighted by atomic mass is 9.87. The minimum atomic E-state index is -0.483. The van der Waals surface area contributed by atoms with Gasteiger partial charge in [0.25, 0.3) is 5.91 Å². The summed E-state index contributed by atoms with van der Waals surface area (Å²) in [5.41, 5.74) is 2.31. The molecule has 31 heavy (non-hydrogen) atoms. The number of likely N-dealkylation sites (N-methyl/N-ethyl adjacent to an activating group) is 1. The van der Waals surface area contributed by atoms with E-state index in [0.717, 1.165) is 38.0 Å². The summed E-state index contributed by atoms with van der Waals surface area (Å²) in [6.45, 7) is 4.33. The van der Waals surface area contributed by atoms with E-state index < -0.39 is 6.10 Å². The Hall–Kier alpha value is -2.69. The van der Waals surface area contributed by atoms with Gasteiger partial charge in [0.05, 0.1) is 6.10 Å². The van der Waals surface area contributed by atoms with Crippen LogP contribution in [0, 0.1) is 0 Å². The van der Waals surface area contributed by atoms with Gasteiger partial charge in [0.2, 0.25) is 0 Å². The number of rotatable bonds is 8. The Morgan fingerprint density at radius 1 is 0.935 bits per heavy atom. The van der Waals surface area contributed by atoms with Crippen LogP contribution < -0.4 is 5.32 Å². The molecular weight excluding hydrogens is 384 g/mol. The minimum absolute atomic E-state index is 0.0748.